The standard InChI is InChI=1S/C19H23N5O3S/c1-13(2)18-22-19(27-23-18)15-9-10-20-17(11-15)21-12-14-5-7-16(8-6-14)24(3)28(4,25)26/h5-11,13H,12H2,1-4H3,(H,20,21). The van der Waals surface area contributed by atoms with Crippen molar-refractivity contribution in [2.24, 2.45) is 0 Å². The van der Waals surface area contributed by atoms with Crippen LogP contribution in [0.1, 0.15) is 31.2 Å². The van der Waals surface area contributed by atoms with E-state index in [1.165, 1.54) is 17.6 Å². The Bertz CT molecular complexity index is 1050. The molecule has 0 aliphatic heterocycles. The number of rotatable bonds is 7. The van der Waals surface area contributed by atoms with Crippen LogP contribution in [0.4, 0.5) is 11.5 Å². The minimum atomic E-state index is -3.27. The molecule has 0 amide bonds. The molecule has 1 N–H and O–H groups in total. The smallest absolute Gasteiger partial charge is 0.258 e. The Labute approximate surface area is 164 Å². The van der Waals surface area contributed by atoms with E-state index in [9.17, 15) is 8.42 Å². The van der Waals surface area contributed by atoms with Crippen LogP contribution < -0.4 is 9.62 Å². The van der Waals surface area contributed by atoms with Crippen LogP contribution >= 0.6 is 0 Å². The molecular weight excluding hydrogens is 378 g/mol. The molecule has 0 saturated carbocycles. The number of pyridine rings is 1. The molecule has 0 bridgehead atoms. The van der Waals surface area contributed by atoms with Gasteiger partial charge in [0.1, 0.15) is 5.82 Å². The van der Waals surface area contributed by atoms with E-state index in [0.29, 0.717) is 29.8 Å². The summed E-state index contributed by atoms with van der Waals surface area (Å²) in [5.74, 6) is 2.00. The van der Waals surface area contributed by atoms with E-state index in [0.717, 1.165) is 11.1 Å². The average molecular weight is 401 g/mol. The summed E-state index contributed by atoms with van der Waals surface area (Å²) in [6.07, 6.45) is 2.86. The van der Waals surface area contributed by atoms with Crippen molar-refractivity contribution in [3.05, 3.63) is 54.0 Å². The first kappa shape index (κ1) is 19.8. The maximum absolute atomic E-state index is 11.6. The largest absolute Gasteiger partial charge is 0.366 e. The molecule has 3 aromatic rings. The summed E-state index contributed by atoms with van der Waals surface area (Å²) in [6.45, 7) is 4.56. The Morgan fingerprint density at radius 1 is 1.18 bits per heavy atom. The molecule has 2 heterocycles. The fraction of sp³-hybridized carbons (Fsp3) is 0.316. The molecule has 28 heavy (non-hydrogen) atoms. The van der Waals surface area contributed by atoms with E-state index in [2.05, 4.69) is 20.4 Å². The molecule has 2 aromatic heterocycles. The molecule has 0 spiro atoms. The number of hydrogen-bond donors (Lipinski definition) is 1. The van der Waals surface area contributed by atoms with E-state index < -0.39 is 10.0 Å². The van der Waals surface area contributed by atoms with Crippen LogP contribution in [-0.4, -0.2) is 36.8 Å². The first-order valence-corrected chi connectivity index (χ1v) is 10.7. The molecule has 148 valence electrons. The minimum absolute atomic E-state index is 0.196. The van der Waals surface area contributed by atoms with Crippen LogP contribution in [0.2, 0.25) is 0 Å². The molecule has 0 radical (unpaired) electrons. The Morgan fingerprint density at radius 3 is 2.50 bits per heavy atom. The van der Waals surface area contributed by atoms with Gasteiger partial charge in [-0.25, -0.2) is 13.4 Å². The van der Waals surface area contributed by atoms with E-state index in [4.69, 9.17) is 4.52 Å². The number of nitrogens with one attached hydrogen (secondary N) is 1. The van der Waals surface area contributed by atoms with Crippen molar-refractivity contribution < 1.29 is 12.9 Å². The molecule has 3 rings (SSSR count). The lowest BCUT2D eigenvalue weighted by molar-refractivity contribution is 0.419. The van der Waals surface area contributed by atoms with Crippen molar-refractivity contribution in [3.8, 4) is 11.5 Å². The molecule has 0 fully saturated rings. The van der Waals surface area contributed by atoms with Crippen LogP contribution in [0.15, 0.2) is 47.1 Å². The fourth-order valence-corrected chi connectivity index (χ4v) is 2.96. The Morgan fingerprint density at radius 2 is 1.89 bits per heavy atom. The number of anilines is 2. The quantitative estimate of drug-likeness (QED) is 0.648. The van der Waals surface area contributed by atoms with Crippen LogP contribution in [0, 0.1) is 0 Å². The predicted molar refractivity (Wildman–Crippen MR) is 109 cm³/mol. The summed E-state index contributed by atoms with van der Waals surface area (Å²) < 4.78 is 29.8. The highest BCUT2D eigenvalue weighted by Gasteiger charge is 2.13. The number of benzene rings is 1. The van der Waals surface area contributed by atoms with Gasteiger partial charge >= 0.3 is 0 Å². The summed E-state index contributed by atoms with van der Waals surface area (Å²) in [6, 6.07) is 11.0. The van der Waals surface area contributed by atoms with E-state index in [1.807, 2.05) is 38.1 Å². The topological polar surface area (TPSA) is 101 Å². The Hall–Kier alpha value is -2.94. The highest BCUT2D eigenvalue weighted by Crippen LogP contribution is 2.22. The second-order valence-corrected chi connectivity index (χ2v) is 8.81. The lowest BCUT2D eigenvalue weighted by Gasteiger charge is -2.16. The van der Waals surface area contributed by atoms with Crippen LogP contribution in [0.25, 0.3) is 11.5 Å². The van der Waals surface area contributed by atoms with Gasteiger partial charge in [0.05, 0.1) is 11.9 Å². The van der Waals surface area contributed by atoms with Crippen molar-refractivity contribution in [3.63, 3.8) is 0 Å². The van der Waals surface area contributed by atoms with Crippen molar-refractivity contribution in [2.45, 2.75) is 26.3 Å². The monoisotopic (exact) mass is 401 g/mol. The summed E-state index contributed by atoms with van der Waals surface area (Å²) in [7, 11) is -1.74. The second-order valence-electron chi connectivity index (χ2n) is 6.79. The van der Waals surface area contributed by atoms with Gasteiger partial charge in [0.15, 0.2) is 5.82 Å². The minimum Gasteiger partial charge on any atom is -0.366 e. The van der Waals surface area contributed by atoms with Gasteiger partial charge in [0, 0.05) is 31.3 Å². The first-order chi connectivity index (χ1) is 13.2. The zero-order chi connectivity index (χ0) is 20.3. The van der Waals surface area contributed by atoms with Gasteiger partial charge in [-0.3, -0.25) is 4.31 Å². The van der Waals surface area contributed by atoms with E-state index in [1.54, 1.807) is 18.3 Å². The third-order valence-corrected chi connectivity index (χ3v) is 5.44. The molecule has 0 unspecified atom stereocenters. The molecular formula is C19H23N5O3S. The van der Waals surface area contributed by atoms with E-state index in [-0.39, 0.29) is 5.92 Å². The third-order valence-electron chi connectivity index (χ3n) is 4.24. The number of sulfonamides is 1. The summed E-state index contributed by atoms with van der Waals surface area (Å²) in [5, 5.41) is 7.23. The zero-order valence-electron chi connectivity index (χ0n) is 16.2. The van der Waals surface area contributed by atoms with Crippen LogP contribution in [0.3, 0.4) is 0 Å². The molecule has 0 aliphatic rings. The van der Waals surface area contributed by atoms with Gasteiger partial charge in [-0.1, -0.05) is 31.1 Å². The van der Waals surface area contributed by atoms with Crippen molar-refractivity contribution in [2.75, 3.05) is 22.9 Å². The summed E-state index contributed by atoms with van der Waals surface area (Å²) in [5.41, 5.74) is 2.41. The van der Waals surface area contributed by atoms with Gasteiger partial charge in [-0.2, -0.15) is 4.98 Å². The number of aromatic nitrogens is 3. The molecule has 9 heteroatoms. The Balaban J connectivity index is 1.68. The maximum atomic E-state index is 11.6. The second kappa shape index (κ2) is 7.97. The molecule has 0 atom stereocenters. The van der Waals surface area contributed by atoms with Crippen LogP contribution in [-0.2, 0) is 16.6 Å². The van der Waals surface area contributed by atoms with Gasteiger partial charge in [0.25, 0.3) is 5.89 Å². The predicted octanol–water partition coefficient (Wildman–Crippen LogP) is 3.26. The molecule has 0 aliphatic carbocycles. The number of hydrogen-bond acceptors (Lipinski definition) is 7. The Kier molecular flexibility index (Phi) is 5.64. The first-order valence-electron chi connectivity index (χ1n) is 8.81. The molecule has 8 nitrogen and oxygen atoms in total. The average Bonchev–Trinajstić information content (AvgIpc) is 3.16. The van der Waals surface area contributed by atoms with Crippen molar-refractivity contribution in [1.82, 2.24) is 15.1 Å². The van der Waals surface area contributed by atoms with Gasteiger partial charge < -0.3 is 9.84 Å². The summed E-state index contributed by atoms with van der Waals surface area (Å²) in [4.78, 5) is 8.71. The third kappa shape index (κ3) is 4.66. The molecule has 0 saturated heterocycles. The SMILES string of the molecule is CC(C)c1noc(-c2ccnc(NCc3ccc(N(C)S(C)(=O)=O)cc3)c2)n1. The fourth-order valence-electron chi connectivity index (χ4n) is 2.45. The zero-order valence-corrected chi connectivity index (χ0v) is 17.1. The maximum Gasteiger partial charge on any atom is 0.258 e. The highest BCUT2D eigenvalue weighted by atomic mass is 32.2. The van der Waals surface area contributed by atoms with Crippen molar-refractivity contribution in [1.29, 1.82) is 0 Å². The highest BCUT2D eigenvalue weighted by molar-refractivity contribution is 7.92. The van der Waals surface area contributed by atoms with Gasteiger partial charge in [0.2, 0.25) is 10.0 Å². The van der Waals surface area contributed by atoms with Crippen LogP contribution in [0.5, 0.6) is 0 Å². The lowest BCUT2D eigenvalue weighted by atomic mass is 10.2. The van der Waals surface area contributed by atoms with Gasteiger partial charge in [-0.15, -0.1) is 0 Å². The van der Waals surface area contributed by atoms with E-state index >= 15 is 0 Å². The summed E-state index contributed by atoms with van der Waals surface area (Å²) >= 11 is 0. The van der Waals surface area contributed by atoms with Gasteiger partial charge in [-0.05, 0) is 29.8 Å². The van der Waals surface area contributed by atoms with Crippen molar-refractivity contribution >= 4 is 21.5 Å². The normalized spacial score (nSPS) is 11.6. The number of nitrogens with zero attached hydrogens (tertiary/aromatic N) is 4. The molecule has 1 aromatic carbocycles. The lowest BCUT2D eigenvalue weighted by Crippen LogP contribution is -2.24.